The second kappa shape index (κ2) is 6.46. The van der Waals surface area contributed by atoms with Gasteiger partial charge in [0, 0.05) is 18.2 Å². The molecule has 4 nitrogen and oxygen atoms in total. The molecule has 1 aromatic rings. The number of hydrogen-bond donors (Lipinski definition) is 1. The highest BCUT2D eigenvalue weighted by Crippen LogP contribution is 2.41. The summed E-state index contributed by atoms with van der Waals surface area (Å²) in [7, 11) is 3.36. The lowest BCUT2D eigenvalue weighted by atomic mass is 9.87. The first-order valence-corrected chi connectivity index (χ1v) is 7.24. The molecule has 2 rings (SSSR count). The quantitative estimate of drug-likeness (QED) is 0.869. The minimum atomic E-state index is -0.183. The van der Waals surface area contributed by atoms with Gasteiger partial charge in [0.2, 0.25) is 0 Å². The summed E-state index contributed by atoms with van der Waals surface area (Å²) in [6.45, 7) is 6.01. The summed E-state index contributed by atoms with van der Waals surface area (Å²) in [6.07, 6.45) is 2.16. The maximum absolute atomic E-state index is 6.02. The first-order chi connectivity index (χ1) is 9.64. The van der Waals surface area contributed by atoms with Gasteiger partial charge in [0.1, 0.15) is 11.5 Å². The number of likely N-dealkylation sites (N-methyl/N-ethyl adjacent to an activating group) is 1. The van der Waals surface area contributed by atoms with Gasteiger partial charge < -0.3 is 19.5 Å². The van der Waals surface area contributed by atoms with Gasteiger partial charge in [-0.2, -0.15) is 0 Å². The zero-order valence-corrected chi connectivity index (χ0v) is 12.9. The standard InChI is InChI=1S/C16H25NO3/c1-5-17-15(16(2)9-6-10-20-16)13-8-7-12(18-3)11-14(13)19-4/h7-8,11,15,17H,5-6,9-10H2,1-4H3. The minimum Gasteiger partial charge on any atom is -0.497 e. The second-order valence-corrected chi connectivity index (χ2v) is 5.36. The number of benzene rings is 1. The van der Waals surface area contributed by atoms with Crippen molar-refractivity contribution in [2.45, 2.75) is 38.3 Å². The molecule has 0 radical (unpaired) electrons. The Morgan fingerprint density at radius 1 is 1.35 bits per heavy atom. The molecule has 0 aromatic heterocycles. The van der Waals surface area contributed by atoms with Crippen LogP contribution in [0.3, 0.4) is 0 Å². The van der Waals surface area contributed by atoms with Crippen LogP contribution in [0.1, 0.15) is 38.3 Å². The lowest BCUT2D eigenvalue weighted by molar-refractivity contribution is -0.0126. The normalized spacial score (nSPS) is 23.6. The lowest BCUT2D eigenvalue weighted by Crippen LogP contribution is -2.41. The van der Waals surface area contributed by atoms with E-state index < -0.39 is 0 Å². The third-order valence-corrected chi connectivity index (χ3v) is 4.02. The SMILES string of the molecule is CCNC(c1ccc(OC)cc1OC)C1(C)CCCO1. The van der Waals surface area contributed by atoms with Crippen molar-refractivity contribution in [3.63, 3.8) is 0 Å². The molecule has 1 aliphatic heterocycles. The number of nitrogens with one attached hydrogen (secondary N) is 1. The number of methoxy groups -OCH3 is 2. The first-order valence-electron chi connectivity index (χ1n) is 7.24. The van der Waals surface area contributed by atoms with Crippen molar-refractivity contribution < 1.29 is 14.2 Å². The Balaban J connectivity index is 2.38. The fourth-order valence-corrected chi connectivity index (χ4v) is 2.94. The molecule has 0 amide bonds. The van der Waals surface area contributed by atoms with Gasteiger partial charge >= 0.3 is 0 Å². The van der Waals surface area contributed by atoms with E-state index in [9.17, 15) is 0 Å². The summed E-state index contributed by atoms with van der Waals surface area (Å²) in [6, 6.07) is 6.09. The van der Waals surface area contributed by atoms with E-state index in [1.54, 1.807) is 14.2 Å². The molecule has 0 saturated carbocycles. The second-order valence-electron chi connectivity index (χ2n) is 5.36. The van der Waals surface area contributed by atoms with E-state index in [4.69, 9.17) is 14.2 Å². The molecule has 2 unspecified atom stereocenters. The van der Waals surface area contributed by atoms with Crippen LogP contribution in [0, 0.1) is 0 Å². The Labute approximate surface area is 121 Å². The molecule has 1 fully saturated rings. The molecule has 20 heavy (non-hydrogen) atoms. The van der Waals surface area contributed by atoms with E-state index in [1.807, 2.05) is 12.1 Å². The van der Waals surface area contributed by atoms with Crippen LogP contribution in [0.15, 0.2) is 18.2 Å². The van der Waals surface area contributed by atoms with E-state index in [2.05, 4.69) is 25.2 Å². The number of hydrogen-bond acceptors (Lipinski definition) is 4. The summed E-state index contributed by atoms with van der Waals surface area (Å²) in [5.41, 5.74) is 0.942. The van der Waals surface area contributed by atoms with Crippen molar-refractivity contribution in [3.05, 3.63) is 23.8 Å². The molecule has 0 aliphatic carbocycles. The maximum Gasteiger partial charge on any atom is 0.127 e. The average Bonchev–Trinajstić information content (AvgIpc) is 2.92. The average molecular weight is 279 g/mol. The van der Waals surface area contributed by atoms with E-state index >= 15 is 0 Å². The van der Waals surface area contributed by atoms with Gasteiger partial charge in [-0.05, 0) is 38.4 Å². The number of rotatable bonds is 6. The monoisotopic (exact) mass is 279 g/mol. The Kier molecular flexibility index (Phi) is 4.89. The molecule has 1 N–H and O–H groups in total. The van der Waals surface area contributed by atoms with E-state index in [0.717, 1.165) is 43.1 Å². The van der Waals surface area contributed by atoms with Crippen LogP contribution in [0.4, 0.5) is 0 Å². The van der Waals surface area contributed by atoms with Crippen LogP contribution in [0.5, 0.6) is 11.5 Å². The zero-order chi connectivity index (χ0) is 14.6. The first kappa shape index (κ1) is 15.1. The fourth-order valence-electron chi connectivity index (χ4n) is 2.94. The van der Waals surface area contributed by atoms with Crippen LogP contribution in [-0.4, -0.2) is 33.0 Å². The third kappa shape index (κ3) is 2.91. The van der Waals surface area contributed by atoms with Crippen molar-refractivity contribution in [2.75, 3.05) is 27.4 Å². The maximum atomic E-state index is 6.02. The molecule has 1 saturated heterocycles. The highest BCUT2D eigenvalue weighted by atomic mass is 16.5. The van der Waals surface area contributed by atoms with Crippen molar-refractivity contribution in [1.29, 1.82) is 0 Å². The van der Waals surface area contributed by atoms with Gasteiger partial charge in [-0.15, -0.1) is 0 Å². The predicted octanol–water partition coefficient (Wildman–Crippen LogP) is 2.92. The smallest absolute Gasteiger partial charge is 0.127 e. The highest BCUT2D eigenvalue weighted by Gasteiger charge is 2.40. The molecule has 4 heteroatoms. The van der Waals surface area contributed by atoms with Gasteiger partial charge in [0.25, 0.3) is 0 Å². The summed E-state index contributed by atoms with van der Waals surface area (Å²) in [4.78, 5) is 0. The molecule has 0 spiro atoms. The topological polar surface area (TPSA) is 39.7 Å². The van der Waals surface area contributed by atoms with E-state index in [0.29, 0.717) is 0 Å². The van der Waals surface area contributed by atoms with Gasteiger partial charge in [-0.1, -0.05) is 6.92 Å². The van der Waals surface area contributed by atoms with Crippen molar-refractivity contribution in [2.24, 2.45) is 0 Å². The Morgan fingerprint density at radius 3 is 2.70 bits per heavy atom. The summed E-state index contributed by atoms with van der Waals surface area (Å²) < 4.78 is 16.8. The van der Waals surface area contributed by atoms with E-state index in [-0.39, 0.29) is 11.6 Å². The Bertz CT molecular complexity index is 441. The largest absolute Gasteiger partial charge is 0.497 e. The van der Waals surface area contributed by atoms with Crippen LogP contribution < -0.4 is 14.8 Å². The third-order valence-electron chi connectivity index (χ3n) is 4.02. The van der Waals surface area contributed by atoms with Crippen molar-refractivity contribution in [1.82, 2.24) is 5.32 Å². The number of ether oxygens (including phenoxy) is 3. The fraction of sp³-hybridized carbons (Fsp3) is 0.625. The van der Waals surface area contributed by atoms with Gasteiger partial charge in [0.15, 0.2) is 0 Å². The predicted molar refractivity (Wildman–Crippen MR) is 79.6 cm³/mol. The van der Waals surface area contributed by atoms with Crippen LogP contribution in [0.25, 0.3) is 0 Å². The molecule has 1 aromatic carbocycles. The van der Waals surface area contributed by atoms with Crippen molar-refractivity contribution in [3.8, 4) is 11.5 Å². The van der Waals surface area contributed by atoms with Gasteiger partial charge in [-0.25, -0.2) is 0 Å². The molecular weight excluding hydrogens is 254 g/mol. The molecule has 0 bridgehead atoms. The summed E-state index contributed by atoms with van der Waals surface area (Å²) in [5.74, 6) is 1.64. The highest BCUT2D eigenvalue weighted by molar-refractivity contribution is 5.43. The minimum absolute atomic E-state index is 0.121. The Morgan fingerprint density at radius 2 is 2.15 bits per heavy atom. The summed E-state index contributed by atoms with van der Waals surface area (Å²) >= 11 is 0. The van der Waals surface area contributed by atoms with Gasteiger partial charge in [-0.3, -0.25) is 0 Å². The van der Waals surface area contributed by atoms with Crippen LogP contribution >= 0.6 is 0 Å². The molecule has 2 atom stereocenters. The molecule has 1 aliphatic rings. The van der Waals surface area contributed by atoms with Crippen LogP contribution in [-0.2, 0) is 4.74 Å². The zero-order valence-electron chi connectivity index (χ0n) is 12.9. The Hall–Kier alpha value is -1.26. The molecule has 112 valence electrons. The molecule has 1 heterocycles. The lowest BCUT2D eigenvalue weighted by Gasteiger charge is -2.35. The van der Waals surface area contributed by atoms with Crippen molar-refractivity contribution >= 4 is 0 Å². The molecular formula is C16H25NO3. The summed E-state index contributed by atoms with van der Waals surface area (Å²) in [5, 5.41) is 3.55. The van der Waals surface area contributed by atoms with E-state index in [1.165, 1.54) is 0 Å². The van der Waals surface area contributed by atoms with Crippen LogP contribution in [0.2, 0.25) is 0 Å². The van der Waals surface area contributed by atoms with Gasteiger partial charge in [0.05, 0.1) is 25.9 Å².